The van der Waals surface area contributed by atoms with Crippen LogP contribution in [0, 0.1) is 12.7 Å². The topological polar surface area (TPSA) is 35.2 Å². The van der Waals surface area contributed by atoms with Gasteiger partial charge in [0, 0.05) is 19.8 Å². The Hall–Kier alpha value is -0.930. The maximum Gasteiger partial charge on any atom is 0.126 e. The van der Waals surface area contributed by atoms with Crippen molar-refractivity contribution in [3.05, 3.63) is 35.1 Å². The minimum absolute atomic E-state index is 0.102. The average molecular weight is 211 g/mol. The second-order valence-electron chi connectivity index (χ2n) is 3.75. The van der Waals surface area contributed by atoms with E-state index in [1.54, 1.807) is 20.1 Å². The maximum absolute atomic E-state index is 13.2. The highest BCUT2D eigenvalue weighted by atomic mass is 19.1. The number of rotatable bonds is 5. The molecule has 0 saturated heterocycles. The highest BCUT2D eigenvalue weighted by Crippen LogP contribution is 2.18. The Labute approximate surface area is 90.2 Å². The van der Waals surface area contributed by atoms with Crippen LogP contribution < -0.4 is 5.73 Å². The molecule has 1 aromatic carbocycles. The molecule has 84 valence electrons. The molecule has 0 aliphatic carbocycles. The lowest BCUT2D eigenvalue weighted by Gasteiger charge is -2.12. The van der Waals surface area contributed by atoms with Crippen LogP contribution in [0.2, 0.25) is 0 Å². The van der Waals surface area contributed by atoms with Gasteiger partial charge in [-0.05, 0) is 37.0 Å². The molecule has 2 nitrogen and oxygen atoms in total. The molecule has 0 saturated carbocycles. The highest BCUT2D eigenvalue weighted by Gasteiger charge is 2.07. The van der Waals surface area contributed by atoms with Gasteiger partial charge < -0.3 is 10.5 Å². The van der Waals surface area contributed by atoms with Gasteiger partial charge in [0.25, 0.3) is 0 Å². The summed E-state index contributed by atoms with van der Waals surface area (Å²) >= 11 is 0. The quantitative estimate of drug-likeness (QED) is 0.760. The predicted molar refractivity (Wildman–Crippen MR) is 59.2 cm³/mol. The molecule has 0 spiro atoms. The van der Waals surface area contributed by atoms with Crippen molar-refractivity contribution in [2.24, 2.45) is 5.73 Å². The van der Waals surface area contributed by atoms with Crippen molar-refractivity contribution in [1.29, 1.82) is 0 Å². The van der Waals surface area contributed by atoms with Crippen molar-refractivity contribution < 1.29 is 9.13 Å². The minimum atomic E-state index is -0.185. The summed E-state index contributed by atoms with van der Waals surface area (Å²) in [5, 5.41) is 0. The number of hydrogen-bond acceptors (Lipinski definition) is 2. The van der Waals surface area contributed by atoms with E-state index in [1.807, 2.05) is 6.07 Å². The van der Waals surface area contributed by atoms with Crippen LogP contribution in [0.3, 0.4) is 0 Å². The number of ether oxygens (including phenoxy) is 1. The van der Waals surface area contributed by atoms with E-state index in [2.05, 4.69) is 0 Å². The van der Waals surface area contributed by atoms with E-state index in [0.29, 0.717) is 12.2 Å². The summed E-state index contributed by atoms with van der Waals surface area (Å²) in [6, 6.07) is 5.07. The first-order chi connectivity index (χ1) is 7.15. The Morgan fingerprint density at radius 1 is 1.47 bits per heavy atom. The molecule has 1 rings (SSSR count). The molecule has 0 aromatic heterocycles. The molecule has 0 bridgehead atoms. The molecular formula is C12H18FNO. The van der Waals surface area contributed by atoms with E-state index in [4.69, 9.17) is 10.5 Å². The number of methoxy groups -OCH3 is 1. The molecule has 15 heavy (non-hydrogen) atoms. The zero-order chi connectivity index (χ0) is 11.3. The molecule has 0 aliphatic heterocycles. The molecule has 0 aliphatic rings. The summed E-state index contributed by atoms with van der Waals surface area (Å²) in [6.07, 6.45) is 1.71. The smallest absolute Gasteiger partial charge is 0.126 e. The maximum atomic E-state index is 13.2. The molecule has 0 fully saturated rings. The molecule has 0 amide bonds. The van der Waals surface area contributed by atoms with Crippen molar-refractivity contribution >= 4 is 0 Å². The van der Waals surface area contributed by atoms with E-state index in [1.165, 1.54) is 6.07 Å². The van der Waals surface area contributed by atoms with Gasteiger partial charge in [0.05, 0.1) is 0 Å². The molecule has 1 aromatic rings. The Balaban J connectivity index is 2.57. The highest BCUT2D eigenvalue weighted by molar-refractivity contribution is 5.25. The molecule has 2 N–H and O–H groups in total. The first-order valence-corrected chi connectivity index (χ1v) is 5.15. The minimum Gasteiger partial charge on any atom is -0.385 e. The second-order valence-corrected chi connectivity index (χ2v) is 3.75. The van der Waals surface area contributed by atoms with Crippen molar-refractivity contribution in [3.8, 4) is 0 Å². The molecule has 1 atom stereocenters. The van der Waals surface area contributed by atoms with Gasteiger partial charge in [-0.3, -0.25) is 0 Å². The van der Waals surface area contributed by atoms with Crippen LogP contribution in [-0.4, -0.2) is 13.7 Å². The SMILES string of the molecule is COCCCC(N)c1ccc(C)c(F)c1. The van der Waals surface area contributed by atoms with Gasteiger partial charge in [-0.2, -0.15) is 0 Å². The summed E-state index contributed by atoms with van der Waals surface area (Å²) in [5.74, 6) is -0.185. The first kappa shape index (κ1) is 12.1. The van der Waals surface area contributed by atoms with Crippen LogP contribution >= 0.6 is 0 Å². The molecular weight excluding hydrogens is 193 g/mol. The number of benzene rings is 1. The zero-order valence-electron chi connectivity index (χ0n) is 9.29. The van der Waals surface area contributed by atoms with Crippen molar-refractivity contribution in [2.75, 3.05) is 13.7 Å². The van der Waals surface area contributed by atoms with Gasteiger partial charge >= 0.3 is 0 Å². The fourth-order valence-corrected chi connectivity index (χ4v) is 1.45. The zero-order valence-corrected chi connectivity index (χ0v) is 9.29. The summed E-state index contributed by atoms with van der Waals surface area (Å²) in [5.41, 5.74) is 7.44. The second kappa shape index (κ2) is 5.83. The van der Waals surface area contributed by atoms with Gasteiger partial charge in [-0.25, -0.2) is 4.39 Å². The number of nitrogens with two attached hydrogens (primary N) is 1. The number of hydrogen-bond donors (Lipinski definition) is 1. The van der Waals surface area contributed by atoms with Crippen molar-refractivity contribution in [2.45, 2.75) is 25.8 Å². The lowest BCUT2D eigenvalue weighted by atomic mass is 10.0. The van der Waals surface area contributed by atoms with Gasteiger partial charge in [-0.1, -0.05) is 12.1 Å². The van der Waals surface area contributed by atoms with Gasteiger partial charge in [-0.15, -0.1) is 0 Å². The molecule has 0 radical (unpaired) electrons. The van der Waals surface area contributed by atoms with Gasteiger partial charge in [0.1, 0.15) is 5.82 Å². The van der Waals surface area contributed by atoms with Crippen LogP contribution in [0.15, 0.2) is 18.2 Å². The Morgan fingerprint density at radius 2 is 2.20 bits per heavy atom. The van der Waals surface area contributed by atoms with Crippen molar-refractivity contribution in [1.82, 2.24) is 0 Å². The Bertz CT molecular complexity index is 314. The number of halogens is 1. The third-order valence-corrected chi connectivity index (χ3v) is 2.49. The lowest BCUT2D eigenvalue weighted by molar-refractivity contribution is 0.190. The largest absolute Gasteiger partial charge is 0.385 e. The normalized spacial score (nSPS) is 12.8. The summed E-state index contributed by atoms with van der Waals surface area (Å²) in [4.78, 5) is 0. The predicted octanol–water partition coefficient (Wildman–Crippen LogP) is 2.56. The summed E-state index contributed by atoms with van der Waals surface area (Å²) in [7, 11) is 1.66. The van der Waals surface area contributed by atoms with E-state index in [-0.39, 0.29) is 11.9 Å². The van der Waals surface area contributed by atoms with E-state index < -0.39 is 0 Å². The number of aryl methyl sites for hydroxylation is 1. The molecule has 3 heteroatoms. The Morgan fingerprint density at radius 3 is 2.80 bits per heavy atom. The third-order valence-electron chi connectivity index (χ3n) is 2.49. The van der Waals surface area contributed by atoms with Crippen molar-refractivity contribution in [3.63, 3.8) is 0 Å². The monoisotopic (exact) mass is 211 g/mol. The standard InChI is InChI=1S/C12H18FNO/c1-9-5-6-10(8-11(9)13)12(14)4-3-7-15-2/h5-6,8,12H,3-4,7,14H2,1-2H3. The fourth-order valence-electron chi connectivity index (χ4n) is 1.45. The average Bonchev–Trinajstić information content (AvgIpc) is 2.22. The van der Waals surface area contributed by atoms with Crippen LogP contribution in [0.4, 0.5) is 4.39 Å². The van der Waals surface area contributed by atoms with Crippen LogP contribution in [0.1, 0.15) is 30.0 Å². The van der Waals surface area contributed by atoms with Crippen LogP contribution in [0.5, 0.6) is 0 Å². The molecule has 1 unspecified atom stereocenters. The van der Waals surface area contributed by atoms with Crippen LogP contribution in [0.25, 0.3) is 0 Å². The Kier molecular flexibility index (Phi) is 4.72. The van der Waals surface area contributed by atoms with Gasteiger partial charge in [0.15, 0.2) is 0 Å². The lowest BCUT2D eigenvalue weighted by Crippen LogP contribution is -2.11. The summed E-state index contributed by atoms with van der Waals surface area (Å²) < 4.78 is 18.2. The third kappa shape index (κ3) is 3.61. The first-order valence-electron chi connectivity index (χ1n) is 5.15. The fraction of sp³-hybridized carbons (Fsp3) is 0.500. The van der Waals surface area contributed by atoms with E-state index in [0.717, 1.165) is 18.4 Å². The van der Waals surface area contributed by atoms with E-state index >= 15 is 0 Å². The van der Waals surface area contributed by atoms with Crippen LogP contribution in [-0.2, 0) is 4.74 Å². The van der Waals surface area contributed by atoms with Gasteiger partial charge in [0.2, 0.25) is 0 Å². The molecule has 0 heterocycles. The summed E-state index contributed by atoms with van der Waals surface area (Å²) in [6.45, 7) is 2.44. The van der Waals surface area contributed by atoms with E-state index in [9.17, 15) is 4.39 Å².